The van der Waals surface area contributed by atoms with Gasteiger partial charge in [-0.25, -0.2) is 0 Å². The lowest BCUT2D eigenvalue weighted by Gasteiger charge is -2.32. The van der Waals surface area contributed by atoms with Gasteiger partial charge in [0.05, 0.1) is 5.41 Å². The minimum atomic E-state index is -0.288. The van der Waals surface area contributed by atoms with Crippen LogP contribution in [0, 0.1) is 6.92 Å². The largest absolute Gasteiger partial charge is 0.351 e. The van der Waals surface area contributed by atoms with Gasteiger partial charge in [-0.3, -0.25) is 4.79 Å². The summed E-state index contributed by atoms with van der Waals surface area (Å²) in [4.78, 5) is 13.0. The molecule has 3 nitrogen and oxygen atoms in total. The molecule has 0 spiro atoms. The van der Waals surface area contributed by atoms with E-state index in [1.54, 1.807) is 0 Å². The van der Waals surface area contributed by atoms with Gasteiger partial charge < -0.3 is 10.6 Å². The minimum absolute atomic E-state index is 0.249. The maximum atomic E-state index is 13.0. The molecular formula is C18H26N2O. The third-order valence-electron chi connectivity index (χ3n) is 5.09. The smallest absolute Gasteiger partial charge is 0.230 e. The van der Waals surface area contributed by atoms with E-state index in [4.69, 9.17) is 0 Å². The number of hydrogen-bond acceptors (Lipinski definition) is 2. The second kappa shape index (κ2) is 6.18. The second-order valence-corrected chi connectivity index (χ2v) is 6.68. The highest BCUT2D eigenvalue weighted by Crippen LogP contribution is 2.41. The van der Waals surface area contributed by atoms with Crippen LogP contribution < -0.4 is 10.6 Å². The molecule has 3 heteroatoms. The van der Waals surface area contributed by atoms with Crippen LogP contribution in [0.3, 0.4) is 0 Å². The van der Waals surface area contributed by atoms with Gasteiger partial charge >= 0.3 is 0 Å². The fraction of sp³-hybridized carbons (Fsp3) is 0.611. The molecule has 2 aliphatic rings. The van der Waals surface area contributed by atoms with Crippen LogP contribution in [0.5, 0.6) is 0 Å². The van der Waals surface area contributed by atoms with E-state index in [-0.39, 0.29) is 11.3 Å². The lowest BCUT2D eigenvalue weighted by Crippen LogP contribution is -2.51. The summed E-state index contributed by atoms with van der Waals surface area (Å²) < 4.78 is 0. The summed E-state index contributed by atoms with van der Waals surface area (Å²) in [5.74, 6) is 0.249. The fourth-order valence-corrected chi connectivity index (χ4v) is 3.87. The molecule has 114 valence electrons. The van der Waals surface area contributed by atoms with E-state index in [1.807, 2.05) is 0 Å². The van der Waals surface area contributed by atoms with Gasteiger partial charge in [-0.2, -0.15) is 0 Å². The molecule has 1 aliphatic carbocycles. The van der Waals surface area contributed by atoms with Crippen LogP contribution in [0.2, 0.25) is 0 Å². The molecule has 21 heavy (non-hydrogen) atoms. The molecule has 0 aromatic heterocycles. The Morgan fingerprint density at radius 3 is 2.76 bits per heavy atom. The molecule has 1 aromatic carbocycles. The number of piperidine rings is 1. The number of hydrogen-bond donors (Lipinski definition) is 2. The van der Waals surface area contributed by atoms with Crippen molar-refractivity contribution in [2.24, 2.45) is 0 Å². The lowest BCUT2D eigenvalue weighted by molar-refractivity contribution is -0.127. The van der Waals surface area contributed by atoms with Crippen molar-refractivity contribution in [3.63, 3.8) is 0 Å². The van der Waals surface area contributed by atoms with Crippen LogP contribution in [-0.2, 0) is 10.2 Å². The van der Waals surface area contributed by atoms with Gasteiger partial charge in [0, 0.05) is 12.6 Å². The molecular weight excluding hydrogens is 260 g/mol. The summed E-state index contributed by atoms with van der Waals surface area (Å²) in [7, 11) is 0. The number of nitrogens with one attached hydrogen (secondary N) is 2. The Balaban J connectivity index is 1.81. The number of carbonyl (C=O) groups is 1. The number of aryl methyl sites for hydroxylation is 1. The molecule has 1 atom stereocenters. The Morgan fingerprint density at radius 1 is 1.29 bits per heavy atom. The maximum Gasteiger partial charge on any atom is 0.230 e. The van der Waals surface area contributed by atoms with Crippen molar-refractivity contribution in [1.82, 2.24) is 10.6 Å². The normalized spacial score (nSPS) is 24.7. The zero-order valence-corrected chi connectivity index (χ0v) is 13.0. The van der Waals surface area contributed by atoms with Gasteiger partial charge in [-0.15, -0.1) is 0 Å². The van der Waals surface area contributed by atoms with Gasteiger partial charge in [0.1, 0.15) is 0 Å². The van der Waals surface area contributed by atoms with E-state index in [1.165, 1.54) is 11.1 Å². The van der Waals surface area contributed by atoms with Crippen LogP contribution in [-0.4, -0.2) is 25.0 Å². The summed E-state index contributed by atoms with van der Waals surface area (Å²) >= 11 is 0. The van der Waals surface area contributed by atoms with Gasteiger partial charge in [-0.05, 0) is 44.7 Å². The van der Waals surface area contributed by atoms with E-state index in [9.17, 15) is 4.79 Å². The molecule has 1 saturated carbocycles. The highest BCUT2D eigenvalue weighted by atomic mass is 16.2. The molecule has 1 amide bonds. The van der Waals surface area contributed by atoms with Crippen LogP contribution in [0.1, 0.15) is 49.7 Å². The summed E-state index contributed by atoms with van der Waals surface area (Å²) in [6.07, 6.45) is 6.55. The second-order valence-electron chi connectivity index (χ2n) is 6.68. The van der Waals surface area contributed by atoms with Crippen molar-refractivity contribution < 1.29 is 4.79 Å². The third-order valence-corrected chi connectivity index (χ3v) is 5.09. The van der Waals surface area contributed by atoms with Gasteiger partial charge in [-0.1, -0.05) is 42.7 Å². The number of carbonyl (C=O) groups excluding carboxylic acids is 1. The molecule has 1 aromatic rings. The Bertz CT molecular complexity index is 500. The fourth-order valence-electron chi connectivity index (χ4n) is 3.87. The van der Waals surface area contributed by atoms with Crippen molar-refractivity contribution in [2.75, 3.05) is 13.1 Å². The van der Waals surface area contributed by atoms with E-state index in [0.29, 0.717) is 6.04 Å². The molecule has 0 unspecified atom stereocenters. The Hall–Kier alpha value is -1.35. The maximum absolute atomic E-state index is 13.0. The lowest BCUT2D eigenvalue weighted by atomic mass is 9.77. The van der Waals surface area contributed by atoms with Gasteiger partial charge in [0.25, 0.3) is 0 Å². The Kier molecular flexibility index (Phi) is 4.29. The topological polar surface area (TPSA) is 41.1 Å². The van der Waals surface area contributed by atoms with E-state index in [0.717, 1.165) is 51.6 Å². The first kappa shape index (κ1) is 14.6. The number of amides is 1. The molecule has 3 rings (SSSR count). The average Bonchev–Trinajstić information content (AvgIpc) is 2.99. The van der Waals surface area contributed by atoms with Crippen LogP contribution in [0.15, 0.2) is 24.3 Å². The zero-order valence-electron chi connectivity index (χ0n) is 13.0. The van der Waals surface area contributed by atoms with Crippen molar-refractivity contribution in [3.8, 4) is 0 Å². The molecule has 2 fully saturated rings. The summed E-state index contributed by atoms with van der Waals surface area (Å²) in [5, 5.41) is 6.70. The Labute approximate surface area is 127 Å². The molecule has 0 radical (unpaired) electrons. The average molecular weight is 286 g/mol. The summed E-state index contributed by atoms with van der Waals surface area (Å²) in [6.45, 7) is 4.10. The SMILES string of the molecule is Cc1cccc(C2(C(=O)N[C@H]3CCCNC3)CCCC2)c1. The van der Waals surface area contributed by atoms with Crippen LogP contribution in [0.25, 0.3) is 0 Å². The molecule has 0 bridgehead atoms. The summed E-state index contributed by atoms with van der Waals surface area (Å²) in [5.41, 5.74) is 2.16. The highest BCUT2D eigenvalue weighted by molar-refractivity contribution is 5.89. The number of rotatable bonds is 3. The van der Waals surface area contributed by atoms with Crippen molar-refractivity contribution >= 4 is 5.91 Å². The molecule has 2 N–H and O–H groups in total. The van der Waals surface area contributed by atoms with Gasteiger partial charge in [0.2, 0.25) is 5.91 Å². The van der Waals surface area contributed by atoms with Crippen molar-refractivity contribution in [1.29, 1.82) is 0 Å². The minimum Gasteiger partial charge on any atom is -0.351 e. The standard InChI is InChI=1S/C18H26N2O/c1-14-6-4-7-15(12-14)18(9-2-3-10-18)17(21)20-16-8-5-11-19-13-16/h4,6-7,12,16,19H,2-3,5,8-11,13H2,1H3,(H,20,21)/t16-/m0/s1. The van der Waals surface area contributed by atoms with Gasteiger partial charge in [0.15, 0.2) is 0 Å². The van der Waals surface area contributed by atoms with Crippen LogP contribution in [0.4, 0.5) is 0 Å². The quantitative estimate of drug-likeness (QED) is 0.897. The number of benzene rings is 1. The molecule has 1 heterocycles. The predicted molar refractivity (Wildman–Crippen MR) is 85.4 cm³/mol. The predicted octanol–water partition coefficient (Wildman–Crippen LogP) is 2.68. The molecule has 1 aliphatic heterocycles. The molecule has 1 saturated heterocycles. The van der Waals surface area contributed by atoms with E-state index in [2.05, 4.69) is 41.8 Å². The van der Waals surface area contributed by atoms with Crippen molar-refractivity contribution in [3.05, 3.63) is 35.4 Å². The summed E-state index contributed by atoms with van der Waals surface area (Å²) in [6, 6.07) is 8.82. The Morgan fingerprint density at radius 2 is 2.10 bits per heavy atom. The first-order valence-corrected chi connectivity index (χ1v) is 8.29. The third kappa shape index (κ3) is 2.98. The first-order valence-electron chi connectivity index (χ1n) is 8.29. The van der Waals surface area contributed by atoms with Crippen LogP contribution >= 0.6 is 0 Å². The monoisotopic (exact) mass is 286 g/mol. The zero-order chi connectivity index (χ0) is 14.7. The first-order chi connectivity index (χ1) is 10.2. The van der Waals surface area contributed by atoms with Crippen molar-refractivity contribution in [2.45, 2.75) is 56.9 Å². The highest BCUT2D eigenvalue weighted by Gasteiger charge is 2.43. The van der Waals surface area contributed by atoms with E-state index >= 15 is 0 Å². The van der Waals surface area contributed by atoms with E-state index < -0.39 is 0 Å².